The third-order valence-electron chi connectivity index (χ3n) is 2.63. The number of aromatic hydroxyl groups is 1. The van der Waals surface area contributed by atoms with Gasteiger partial charge in [0, 0.05) is 5.69 Å². The van der Waals surface area contributed by atoms with E-state index in [1.807, 2.05) is 0 Å². The maximum atomic E-state index is 11.7. The number of carbonyl (C=O) groups excluding carboxylic acids is 1. The molecule has 0 aliphatic carbocycles. The number of halogens is 2. The summed E-state index contributed by atoms with van der Waals surface area (Å²) < 4.78 is 4.71. The lowest BCUT2D eigenvalue weighted by Gasteiger charge is -2.12. The molecule has 2 N–H and O–H groups in total. The number of phenols is 1. The Balaban J connectivity index is 2.38. The van der Waals surface area contributed by atoms with Gasteiger partial charge in [0.15, 0.2) is 5.75 Å². The predicted octanol–water partition coefficient (Wildman–Crippen LogP) is 4.23. The van der Waals surface area contributed by atoms with Crippen molar-refractivity contribution in [2.75, 3.05) is 12.4 Å². The Morgan fingerprint density at radius 3 is 2.40 bits per heavy atom. The van der Waals surface area contributed by atoms with Crippen molar-refractivity contribution in [3.8, 4) is 5.75 Å². The lowest BCUT2D eigenvalue weighted by Crippen LogP contribution is -2.05. The van der Waals surface area contributed by atoms with Gasteiger partial charge in [-0.05, 0) is 24.3 Å². The minimum Gasteiger partial charge on any atom is -0.505 e. The van der Waals surface area contributed by atoms with Crippen LogP contribution in [0.4, 0.5) is 11.4 Å². The van der Waals surface area contributed by atoms with Gasteiger partial charge in [-0.3, -0.25) is 0 Å². The molecule has 0 aromatic heterocycles. The van der Waals surface area contributed by atoms with E-state index in [-0.39, 0.29) is 15.8 Å². The highest BCUT2D eigenvalue weighted by molar-refractivity contribution is 6.37. The predicted molar refractivity (Wildman–Crippen MR) is 79.2 cm³/mol. The van der Waals surface area contributed by atoms with Crippen molar-refractivity contribution < 1.29 is 14.6 Å². The summed E-state index contributed by atoms with van der Waals surface area (Å²) >= 11 is 11.7. The van der Waals surface area contributed by atoms with Crippen LogP contribution in [-0.2, 0) is 4.74 Å². The van der Waals surface area contributed by atoms with E-state index in [0.29, 0.717) is 16.9 Å². The number of methoxy groups -OCH3 is 1. The SMILES string of the molecule is COC(=O)c1ccccc1Nc1cc(Cl)c(O)c(Cl)c1. The molecular weight excluding hydrogens is 301 g/mol. The van der Waals surface area contributed by atoms with Gasteiger partial charge >= 0.3 is 5.97 Å². The van der Waals surface area contributed by atoms with Crippen molar-refractivity contribution in [3.63, 3.8) is 0 Å². The van der Waals surface area contributed by atoms with Gasteiger partial charge in [-0.2, -0.15) is 0 Å². The van der Waals surface area contributed by atoms with Crippen LogP contribution < -0.4 is 5.32 Å². The Morgan fingerprint density at radius 2 is 1.80 bits per heavy atom. The molecule has 2 aromatic rings. The number of hydrogen-bond acceptors (Lipinski definition) is 4. The van der Waals surface area contributed by atoms with E-state index in [1.165, 1.54) is 19.2 Å². The number of phenolic OH excluding ortho intramolecular Hbond substituents is 1. The van der Waals surface area contributed by atoms with E-state index >= 15 is 0 Å². The van der Waals surface area contributed by atoms with Crippen LogP contribution in [0.2, 0.25) is 10.0 Å². The van der Waals surface area contributed by atoms with Crippen molar-refractivity contribution in [3.05, 3.63) is 52.0 Å². The van der Waals surface area contributed by atoms with E-state index in [0.717, 1.165) is 0 Å². The highest BCUT2D eigenvalue weighted by Gasteiger charge is 2.12. The van der Waals surface area contributed by atoms with Gasteiger partial charge in [-0.1, -0.05) is 35.3 Å². The summed E-state index contributed by atoms with van der Waals surface area (Å²) in [5.41, 5.74) is 1.49. The molecule has 4 nitrogen and oxygen atoms in total. The zero-order chi connectivity index (χ0) is 14.7. The lowest BCUT2D eigenvalue weighted by atomic mass is 10.1. The Labute approximate surface area is 125 Å². The minimum absolute atomic E-state index is 0.121. The minimum atomic E-state index is -0.455. The van der Waals surface area contributed by atoms with Gasteiger partial charge < -0.3 is 15.2 Å². The summed E-state index contributed by atoms with van der Waals surface area (Å²) in [7, 11) is 1.31. The van der Waals surface area contributed by atoms with Crippen LogP contribution in [0, 0.1) is 0 Å². The number of benzene rings is 2. The molecule has 0 saturated heterocycles. The quantitative estimate of drug-likeness (QED) is 0.658. The third-order valence-corrected chi connectivity index (χ3v) is 3.20. The van der Waals surface area contributed by atoms with E-state index in [2.05, 4.69) is 5.32 Å². The monoisotopic (exact) mass is 311 g/mol. The lowest BCUT2D eigenvalue weighted by molar-refractivity contribution is 0.0602. The molecule has 0 bridgehead atoms. The van der Waals surface area contributed by atoms with E-state index in [4.69, 9.17) is 27.9 Å². The smallest absolute Gasteiger partial charge is 0.339 e. The number of rotatable bonds is 3. The Bertz CT molecular complexity index is 636. The van der Waals surface area contributed by atoms with Crippen molar-refractivity contribution in [2.24, 2.45) is 0 Å². The average molecular weight is 312 g/mol. The first-order valence-electron chi connectivity index (χ1n) is 5.65. The topological polar surface area (TPSA) is 58.6 Å². The molecule has 0 atom stereocenters. The van der Waals surface area contributed by atoms with Crippen LogP contribution in [0.15, 0.2) is 36.4 Å². The van der Waals surface area contributed by atoms with Gasteiger partial charge in [0.1, 0.15) is 0 Å². The molecule has 6 heteroatoms. The molecule has 104 valence electrons. The molecule has 0 radical (unpaired) electrons. The fraction of sp³-hybridized carbons (Fsp3) is 0.0714. The molecule has 2 rings (SSSR count). The second kappa shape index (κ2) is 6.03. The highest BCUT2D eigenvalue weighted by Crippen LogP contribution is 2.36. The van der Waals surface area contributed by atoms with Crippen LogP contribution in [0.25, 0.3) is 0 Å². The number of anilines is 2. The van der Waals surface area contributed by atoms with Gasteiger partial charge in [0.2, 0.25) is 0 Å². The summed E-state index contributed by atoms with van der Waals surface area (Å²) in [5, 5.41) is 12.8. The Morgan fingerprint density at radius 1 is 1.20 bits per heavy atom. The van der Waals surface area contributed by atoms with Crippen LogP contribution in [0.5, 0.6) is 5.75 Å². The maximum absolute atomic E-state index is 11.7. The zero-order valence-corrected chi connectivity index (χ0v) is 12.0. The fourth-order valence-electron chi connectivity index (χ4n) is 1.67. The van der Waals surface area contributed by atoms with Crippen LogP contribution in [0.1, 0.15) is 10.4 Å². The van der Waals surface area contributed by atoms with Gasteiger partial charge in [0.05, 0.1) is 28.4 Å². The van der Waals surface area contributed by atoms with Crippen LogP contribution in [-0.4, -0.2) is 18.2 Å². The molecule has 0 spiro atoms. The summed E-state index contributed by atoms with van der Waals surface area (Å²) in [6.07, 6.45) is 0. The highest BCUT2D eigenvalue weighted by atomic mass is 35.5. The molecule has 0 saturated carbocycles. The molecule has 0 heterocycles. The number of para-hydroxylation sites is 1. The molecule has 2 aromatic carbocycles. The van der Waals surface area contributed by atoms with Crippen molar-refractivity contribution in [1.82, 2.24) is 0 Å². The van der Waals surface area contributed by atoms with Crippen molar-refractivity contribution in [2.45, 2.75) is 0 Å². The Kier molecular flexibility index (Phi) is 4.37. The molecule has 0 aliphatic rings. The molecule has 0 unspecified atom stereocenters. The average Bonchev–Trinajstić information content (AvgIpc) is 2.44. The van der Waals surface area contributed by atoms with Crippen molar-refractivity contribution in [1.29, 1.82) is 0 Å². The van der Waals surface area contributed by atoms with E-state index < -0.39 is 5.97 Å². The fourth-order valence-corrected chi connectivity index (χ4v) is 2.16. The number of esters is 1. The van der Waals surface area contributed by atoms with E-state index in [9.17, 15) is 9.90 Å². The first-order valence-corrected chi connectivity index (χ1v) is 6.41. The molecule has 0 amide bonds. The summed E-state index contributed by atoms with van der Waals surface area (Å²) in [6.45, 7) is 0. The number of nitrogens with one attached hydrogen (secondary N) is 1. The largest absolute Gasteiger partial charge is 0.505 e. The molecular formula is C14H11Cl2NO3. The normalized spacial score (nSPS) is 10.2. The zero-order valence-electron chi connectivity index (χ0n) is 10.5. The summed E-state index contributed by atoms with van der Waals surface area (Å²) in [6, 6.07) is 9.89. The Hall–Kier alpha value is -1.91. The number of ether oxygens (including phenoxy) is 1. The second-order valence-corrected chi connectivity index (χ2v) is 4.77. The van der Waals surface area contributed by atoms with Crippen molar-refractivity contribution >= 4 is 40.5 Å². The van der Waals surface area contributed by atoms with Crippen LogP contribution >= 0.6 is 23.2 Å². The second-order valence-electron chi connectivity index (χ2n) is 3.95. The molecule has 0 aliphatic heterocycles. The van der Waals surface area contributed by atoms with E-state index in [1.54, 1.807) is 24.3 Å². The summed E-state index contributed by atoms with van der Waals surface area (Å²) in [5.74, 6) is -0.635. The van der Waals surface area contributed by atoms with Crippen LogP contribution in [0.3, 0.4) is 0 Å². The third kappa shape index (κ3) is 2.98. The summed E-state index contributed by atoms with van der Waals surface area (Å²) in [4.78, 5) is 11.7. The first-order chi connectivity index (χ1) is 9.52. The first kappa shape index (κ1) is 14.5. The van der Waals surface area contributed by atoms with Gasteiger partial charge in [-0.15, -0.1) is 0 Å². The number of hydrogen-bond donors (Lipinski definition) is 2. The van der Waals surface area contributed by atoms with Gasteiger partial charge in [-0.25, -0.2) is 4.79 Å². The maximum Gasteiger partial charge on any atom is 0.339 e. The molecule has 0 fully saturated rings. The molecule has 20 heavy (non-hydrogen) atoms. The standard InChI is InChI=1S/C14H11Cl2NO3/c1-20-14(19)9-4-2-3-5-12(9)17-8-6-10(15)13(18)11(16)7-8/h2-7,17-18H,1H3. The number of carbonyl (C=O) groups is 1. The van der Waals surface area contributed by atoms with Gasteiger partial charge in [0.25, 0.3) is 0 Å².